The number of amides is 1. The fraction of sp³-hybridized carbons (Fsp3) is 0.385. The van der Waals surface area contributed by atoms with Crippen molar-refractivity contribution in [3.05, 3.63) is 28.0 Å². The van der Waals surface area contributed by atoms with Crippen LogP contribution in [-0.4, -0.2) is 34.5 Å². The second kappa shape index (κ2) is 6.77. The van der Waals surface area contributed by atoms with Crippen molar-refractivity contribution >= 4 is 41.1 Å². The van der Waals surface area contributed by atoms with Crippen LogP contribution in [0.5, 0.6) is 0 Å². The summed E-state index contributed by atoms with van der Waals surface area (Å²) in [4.78, 5) is 23.0. The Kier molecular flexibility index (Phi) is 5.62. The molecular formula is C13H17NO3S2. The van der Waals surface area contributed by atoms with Gasteiger partial charge in [-0.1, -0.05) is 0 Å². The molecule has 0 aromatic carbocycles. The highest BCUT2D eigenvalue weighted by molar-refractivity contribution is 7.99. The van der Waals surface area contributed by atoms with Crippen molar-refractivity contribution in [2.75, 3.05) is 12.8 Å². The SMILES string of the molecule is CSC(C)(C)CNC(=O)c1csc(/C=C/C(=O)O)c1. The maximum absolute atomic E-state index is 11.9. The van der Waals surface area contributed by atoms with Crippen LogP contribution in [0.2, 0.25) is 0 Å². The number of carbonyl (C=O) groups is 2. The van der Waals surface area contributed by atoms with Gasteiger partial charge in [-0.2, -0.15) is 11.8 Å². The number of thioether (sulfide) groups is 1. The quantitative estimate of drug-likeness (QED) is 0.793. The standard InChI is InChI=1S/C13H17NO3S2/c1-13(2,18-3)8-14-12(17)9-6-10(19-7-9)4-5-11(15)16/h4-7H,8H2,1-3H3,(H,14,17)(H,15,16)/b5-4+. The summed E-state index contributed by atoms with van der Waals surface area (Å²) in [7, 11) is 0. The normalized spacial score (nSPS) is 11.7. The number of aliphatic carboxylic acids is 1. The van der Waals surface area contributed by atoms with Gasteiger partial charge in [-0.15, -0.1) is 11.3 Å². The molecule has 1 rings (SSSR count). The van der Waals surface area contributed by atoms with E-state index in [0.717, 1.165) is 11.0 Å². The smallest absolute Gasteiger partial charge is 0.328 e. The minimum absolute atomic E-state index is 0.00226. The molecule has 0 fully saturated rings. The molecule has 2 N–H and O–H groups in total. The molecule has 0 aliphatic heterocycles. The highest BCUT2D eigenvalue weighted by atomic mass is 32.2. The Balaban J connectivity index is 2.61. The summed E-state index contributed by atoms with van der Waals surface area (Å²) in [5.74, 6) is -1.13. The maximum atomic E-state index is 11.9. The molecular weight excluding hydrogens is 282 g/mol. The third-order valence-electron chi connectivity index (χ3n) is 2.50. The van der Waals surface area contributed by atoms with Gasteiger partial charge in [-0.3, -0.25) is 4.79 Å². The average molecular weight is 299 g/mol. The molecule has 6 heteroatoms. The predicted octanol–water partition coefficient (Wildman–Crippen LogP) is 2.72. The van der Waals surface area contributed by atoms with Crippen molar-refractivity contribution in [3.8, 4) is 0 Å². The molecule has 0 radical (unpaired) electrons. The van der Waals surface area contributed by atoms with Gasteiger partial charge in [-0.05, 0) is 32.2 Å². The molecule has 0 saturated heterocycles. The zero-order chi connectivity index (χ0) is 14.5. The summed E-state index contributed by atoms with van der Waals surface area (Å²) in [5.41, 5.74) is 0.562. The van der Waals surface area contributed by atoms with E-state index in [4.69, 9.17) is 5.11 Å². The van der Waals surface area contributed by atoms with Crippen LogP contribution < -0.4 is 5.32 Å². The van der Waals surface area contributed by atoms with Gasteiger partial charge in [-0.25, -0.2) is 4.79 Å². The molecule has 0 spiro atoms. The van der Waals surface area contributed by atoms with Crippen molar-refractivity contribution in [2.24, 2.45) is 0 Å². The Labute approximate surface area is 120 Å². The van der Waals surface area contributed by atoms with Crippen LogP contribution in [-0.2, 0) is 4.79 Å². The highest BCUT2D eigenvalue weighted by Gasteiger charge is 2.17. The fourth-order valence-electron chi connectivity index (χ4n) is 1.18. The second-order valence-electron chi connectivity index (χ2n) is 4.56. The molecule has 0 saturated carbocycles. The van der Waals surface area contributed by atoms with Gasteiger partial charge >= 0.3 is 5.97 Å². The molecule has 0 unspecified atom stereocenters. The molecule has 0 aliphatic rings. The first-order valence-electron chi connectivity index (χ1n) is 5.67. The first-order valence-corrected chi connectivity index (χ1v) is 7.77. The van der Waals surface area contributed by atoms with Gasteiger partial charge in [0, 0.05) is 27.6 Å². The Morgan fingerprint density at radius 1 is 1.53 bits per heavy atom. The zero-order valence-electron chi connectivity index (χ0n) is 11.1. The summed E-state index contributed by atoms with van der Waals surface area (Å²) in [6.45, 7) is 4.71. The van der Waals surface area contributed by atoms with Crippen molar-refractivity contribution in [2.45, 2.75) is 18.6 Å². The van der Waals surface area contributed by atoms with E-state index in [2.05, 4.69) is 19.2 Å². The minimum Gasteiger partial charge on any atom is -0.478 e. The van der Waals surface area contributed by atoms with E-state index in [1.807, 2.05) is 6.26 Å². The molecule has 104 valence electrons. The Morgan fingerprint density at radius 3 is 2.79 bits per heavy atom. The molecule has 4 nitrogen and oxygen atoms in total. The van der Waals surface area contributed by atoms with Crippen LogP contribution in [0.1, 0.15) is 29.1 Å². The lowest BCUT2D eigenvalue weighted by atomic mass is 10.2. The first kappa shape index (κ1) is 15.8. The van der Waals surface area contributed by atoms with Crippen LogP contribution in [0, 0.1) is 0 Å². The third-order valence-corrected chi connectivity index (χ3v) is 4.65. The van der Waals surface area contributed by atoms with E-state index < -0.39 is 5.97 Å². The van der Waals surface area contributed by atoms with Gasteiger partial charge < -0.3 is 10.4 Å². The highest BCUT2D eigenvalue weighted by Crippen LogP contribution is 2.20. The molecule has 1 amide bonds. The Morgan fingerprint density at radius 2 is 2.21 bits per heavy atom. The molecule has 1 aromatic heterocycles. The largest absolute Gasteiger partial charge is 0.478 e. The van der Waals surface area contributed by atoms with Crippen molar-refractivity contribution in [1.29, 1.82) is 0 Å². The molecule has 0 bridgehead atoms. The van der Waals surface area contributed by atoms with Gasteiger partial charge in [0.15, 0.2) is 0 Å². The van der Waals surface area contributed by atoms with Crippen LogP contribution in [0.4, 0.5) is 0 Å². The average Bonchev–Trinajstić information content (AvgIpc) is 2.82. The molecule has 19 heavy (non-hydrogen) atoms. The molecule has 0 aliphatic carbocycles. The number of nitrogens with one attached hydrogen (secondary N) is 1. The number of carbonyl (C=O) groups excluding carboxylic acids is 1. The summed E-state index contributed by atoms with van der Waals surface area (Å²) < 4.78 is -0.00226. The van der Waals surface area contributed by atoms with E-state index in [-0.39, 0.29) is 10.7 Å². The van der Waals surface area contributed by atoms with E-state index in [1.165, 1.54) is 17.4 Å². The van der Waals surface area contributed by atoms with Crippen LogP contribution in [0.15, 0.2) is 17.5 Å². The van der Waals surface area contributed by atoms with Gasteiger partial charge in [0.2, 0.25) is 0 Å². The van der Waals surface area contributed by atoms with Gasteiger partial charge in [0.25, 0.3) is 5.91 Å². The third kappa shape index (κ3) is 5.48. The number of rotatable bonds is 6. The molecule has 1 aromatic rings. The lowest BCUT2D eigenvalue weighted by Gasteiger charge is -2.21. The number of carboxylic acid groups (broad SMARTS) is 1. The van der Waals surface area contributed by atoms with E-state index in [9.17, 15) is 9.59 Å². The summed E-state index contributed by atoms with van der Waals surface area (Å²) in [6.07, 6.45) is 4.55. The predicted molar refractivity (Wildman–Crippen MR) is 80.9 cm³/mol. The van der Waals surface area contributed by atoms with Crippen LogP contribution in [0.3, 0.4) is 0 Å². The zero-order valence-corrected chi connectivity index (χ0v) is 12.7. The van der Waals surface area contributed by atoms with Gasteiger partial charge in [0.1, 0.15) is 0 Å². The minimum atomic E-state index is -0.999. The van der Waals surface area contributed by atoms with Gasteiger partial charge in [0.05, 0.1) is 5.56 Å². The van der Waals surface area contributed by atoms with E-state index in [0.29, 0.717) is 12.1 Å². The van der Waals surface area contributed by atoms with E-state index >= 15 is 0 Å². The topological polar surface area (TPSA) is 66.4 Å². The number of hydrogen-bond acceptors (Lipinski definition) is 4. The van der Waals surface area contributed by atoms with Crippen molar-refractivity contribution < 1.29 is 14.7 Å². The van der Waals surface area contributed by atoms with Crippen LogP contribution in [0.25, 0.3) is 6.08 Å². The van der Waals surface area contributed by atoms with Crippen LogP contribution >= 0.6 is 23.1 Å². The number of thiophene rings is 1. The summed E-state index contributed by atoms with van der Waals surface area (Å²) in [6, 6.07) is 1.69. The van der Waals surface area contributed by atoms with E-state index in [1.54, 1.807) is 23.2 Å². The Hall–Kier alpha value is -1.27. The Bertz CT molecular complexity index is 492. The number of carboxylic acids is 1. The second-order valence-corrected chi connectivity index (χ2v) is 7.01. The summed E-state index contributed by atoms with van der Waals surface area (Å²) >= 11 is 3.04. The number of hydrogen-bond donors (Lipinski definition) is 2. The lowest BCUT2D eigenvalue weighted by molar-refractivity contribution is -0.131. The summed E-state index contributed by atoms with van der Waals surface area (Å²) in [5, 5.41) is 13.1. The maximum Gasteiger partial charge on any atom is 0.328 e. The fourth-order valence-corrected chi connectivity index (χ4v) is 2.18. The van der Waals surface area contributed by atoms with Crippen molar-refractivity contribution in [1.82, 2.24) is 5.32 Å². The monoisotopic (exact) mass is 299 g/mol. The lowest BCUT2D eigenvalue weighted by Crippen LogP contribution is -2.35. The first-order chi connectivity index (χ1) is 8.84. The molecule has 0 atom stereocenters. The van der Waals surface area contributed by atoms with Crippen molar-refractivity contribution in [3.63, 3.8) is 0 Å². The molecule has 1 heterocycles.